The van der Waals surface area contributed by atoms with Crippen LogP contribution in [0.5, 0.6) is 5.75 Å². The van der Waals surface area contributed by atoms with Gasteiger partial charge in [-0.3, -0.25) is 20.1 Å². The summed E-state index contributed by atoms with van der Waals surface area (Å²) < 4.78 is 5.71. The molecule has 120 valence electrons. The molecule has 2 heterocycles. The Labute approximate surface area is 132 Å². The largest absolute Gasteiger partial charge is 0.493 e. The average molecular weight is 313 g/mol. The first kappa shape index (κ1) is 13.9. The lowest BCUT2D eigenvalue weighted by Crippen LogP contribution is -2.07. The van der Waals surface area contributed by atoms with Crippen molar-refractivity contribution in [2.45, 2.75) is 25.2 Å². The highest BCUT2D eigenvalue weighted by Crippen LogP contribution is 2.39. The lowest BCUT2D eigenvalue weighted by Gasteiger charge is -2.06. The van der Waals surface area contributed by atoms with E-state index in [4.69, 9.17) is 4.74 Å². The lowest BCUT2D eigenvalue weighted by atomic mass is 10.2. The van der Waals surface area contributed by atoms with Gasteiger partial charge < -0.3 is 10.1 Å². The van der Waals surface area contributed by atoms with Crippen LogP contribution in [0.1, 0.15) is 30.9 Å². The summed E-state index contributed by atoms with van der Waals surface area (Å²) in [4.78, 5) is 11.4. The Balaban J connectivity index is 1.23. The molecule has 0 saturated heterocycles. The van der Waals surface area contributed by atoms with Gasteiger partial charge in [0, 0.05) is 30.3 Å². The number of aromatic amines is 3. The maximum Gasteiger partial charge on any atom is 0.271 e. The Morgan fingerprint density at radius 3 is 3.04 bits per heavy atom. The molecule has 4 N–H and O–H groups in total. The number of anilines is 1. The van der Waals surface area contributed by atoms with Gasteiger partial charge in [-0.1, -0.05) is 0 Å². The fourth-order valence-corrected chi connectivity index (χ4v) is 2.62. The molecule has 0 spiro atoms. The van der Waals surface area contributed by atoms with Gasteiger partial charge in [-0.15, -0.1) is 0 Å². The number of hydrogen-bond acceptors (Lipinski definition) is 4. The number of rotatable bonds is 7. The summed E-state index contributed by atoms with van der Waals surface area (Å²) in [6, 6.07) is 7.50. The molecule has 0 amide bonds. The van der Waals surface area contributed by atoms with Crippen molar-refractivity contribution in [1.82, 2.24) is 20.4 Å². The van der Waals surface area contributed by atoms with Gasteiger partial charge >= 0.3 is 0 Å². The quantitative estimate of drug-likeness (QED) is 0.503. The van der Waals surface area contributed by atoms with Crippen LogP contribution in [0, 0.1) is 0 Å². The van der Waals surface area contributed by atoms with E-state index < -0.39 is 0 Å². The van der Waals surface area contributed by atoms with E-state index in [0.29, 0.717) is 17.9 Å². The van der Waals surface area contributed by atoms with Gasteiger partial charge in [0.1, 0.15) is 11.6 Å². The van der Waals surface area contributed by atoms with E-state index in [1.165, 1.54) is 18.5 Å². The molecule has 0 bridgehead atoms. The standard InChI is InChI=1S/C16H19N5O2/c22-16-12-5-4-11(8-14(12)19-21-16)23-7-1-6-17-15-9-13(18-20-15)10-2-3-10/h4-5,8-10H,1-3,6-7H2,(H2,17,18,20)(H2,19,21,22). The Bertz CT molecular complexity index is 859. The van der Waals surface area contributed by atoms with Gasteiger partial charge in [-0.05, 0) is 31.4 Å². The number of nitrogens with one attached hydrogen (secondary N) is 4. The minimum Gasteiger partial charge on any atom is -0.493 e. The minimum absolute atomic E-state index is 0.111. The Morgan fingerprint density at radius 2 is 2.17 bits per heavy atom. The van der Waals surface area contributed by atoms with Crippen LogP contribution in [0.3, 0.4) is 0 Å². The third-order valence-electron chi connectivity index (χ3n) is 4.06. The van der Waals surface area contributed by atoms with Crippen molar-refractivity contribution in [1.29, 1.82) is 0 Å². The zero-order chi connectivity index (χ0) is 15.6. The summed E-state index contributed by atoms with van der Waals surface area (Å²) in [5.41, 5.74) is 1.88. The van der Waals surface area contributed by atoms with Crippen LogP contribution in [0.4, 0.5) is 5.82 Å². The fraction of sp³-hybridized carbons (Fsp3) is 0.375. The summed E-state index contributed by atoms with van der Waals surface area (Å²) >= 11 is 0. The molecule has 1 aliphatic carbocycles. The van der Waals surface area contributed by atoms with Crippen molar-refractivity contribution < 1.29 is 4.74 Å². The molecule has 0 radical (unpaired) electrons. The molecule has 1 saturated carbocycles. The maximum absolute atomic E-state index is 11.4. The van der Waals surface area contributed by atoms with Crippen molar-refractivity contribution in [3.63, 3.8) is 0 Å². The molecule has 0 atom stereocenters. The van der Waals surface area contributed by atoms with E-state index in [1.54, 1.807) is 6.07 Å². The fourth-order valence-electron chi connectivity index (χ4n) is 2.62. The van der Waals surface area contributed by atoms with Crippen LogP contribution in [-0.4, -0.2) is 33.5 Å². The average Bonchev–Trinajstić information content (AvgIpc) is 3.20. The second kappa shape index (κ2) is 5.83. The van der Waals surface area contributed by atoms with Crippen LogP contribution in [-0.2, 0) is 0 Å². The number of benzene rings is 1. The smallest absolute Gasteiger partial charge is 0.271 e. The predicted molar refractivity (Wildman–Crippen MR) is 88.1 cm³/mol. The molecule has 3 aromatic rings. The van der Waals surface area contributed by atoms with Crippen molar-refractivity contribution in [2.24, 2.45) is 0 Å². The van der Waals surface area contributed by atoms with Crippen LogP contribution in [0.25, 0.3) is 10.9 Å². The van der Waals surface area contributed by atoms with E-state index >= 15 is 0 Å². The lowest BCUT2D eigenvalue weighted by molar-refractivity contribution is 0.315. The van der Waals surface area contributed by atoms with Gasteiger partial charge in [0.15, 0.2) is 0 Å². The summed E-state index contributed by atoms with van der Waals surface area (Å²) in [7, 11) is 0. The summed E-state index contributed by atoms with van der Waals surface area (Å²) in [6.45, 7) is 1.41. The highest BCUT2D eigenvalue weighted by atomic mass is 16.5. The minimum atomic E-state index is -0.111. The second-order valence-electron chi connectivity index (χ2n) is 5.90. The molecule has 1 aromatic carbocycles. The third kappa shape index (κ3) is 3.08. The Kier molecular flexibility index (Phi) is 3.53. The normalized spacial score (nSPS) is 14.3. The summed E-state index contributed by atoms with van der Waals surface area (Å²) in [6.07, 6.45) is 3.41. The van der Waals surface area contributed by atoms with E-state index in [9.17, 15) is 4.79 Å². The van der Waals surface area contributed by atoms with Gasteiger partial charge in [0.25, 0.3) is 5.56 Å². The van der Waals surface area contributed by atoms with Crippen LogP contribution >= 0.6 is 0 Å². The van der Waals surface area contributed by atoms with Crippen LogP contribution in [0.15, 0.2) is 29.1 Å². The van der Waals surface area contributed by atoms with E-state index in [1.807, 2.05) is 12.1 Å². The number of fused-ring (bicyclic) bond motifs is 1. The monoisotopic (exact) mass is 313 g/mol. The van der Waals surface area contributed by atoms with E-state index in [0.717, 1.165) is 30.0 Å². The predicted octanol–water partition coefficient (Wildman–Crippen LogP) is 2.34. The number of hydrogen-bond donors (Lipinski definition) is 4. The SMILES string of the molecule is O=c1[nH][nH]c2cc(OCCCNc3cc(C4CC4)[nH]n3)ccc12. The third-order valence-corrected chi connectivity index (χ3v) is 4.06. The van der Waals surface area contributed by atoms with E-state index in [2.05, 4.69) is 31.8 Å². The van der Waals surface area contributed by atoms with Crippen LogP contribution < -0.4 is 15.6 Å². The maximum atomic E-state index is 11.4. The number of aromatic nitrogens is 4. The molecule has 0 unspecified atom stereocenters. The van der Waals surface area contributed by atoms with Crippen molar-refractivity contribution in [2.75, 3.05) is 18.5 Å². The summed E-state index contributed by atoms with van der Waals surface area (Å²) in [5, 5.41) is 16.7. The molecule has 1 aliphatic rings. The number of nitrogens with zero attached hydrogens (tertiary/aromatic N) is 1. The van der Waals surface area contributed by atoms with Crippen molar-refractivity contribution in [3.8, 4) is 5.75 Å². The zero-order valence-corrected chi connectivity index (χ0v) is 12.7. The van der Waals surface area contributed by atoms with Gasteiger partial charge in [-0.2, -0.15) is 5.10 Å². The topological polar surface area (TPSA) is 98.6 Å². The molecule has 0 aliphatic heterocycles. The first-order chi connectivity index (χ1) is 11.3. The highest BCUT2D eigenvalue weighted by molar-refractivity contribution is 5.79. The van der Waals surface area contributed by atoms with Gasteiger partial charge in [0.05, 0.1) is 17.5 Å². The van der Waals surface area contributed by atoms with Crippen molar-refractivity contribution in [3.05, 3.63) is 40.3 Å². The number of ether oxygens (including phenoxy) is 1. The zero-order valence-electron chi connectivity index (χ0n) is 12.7. The van der Waals surface area contributed by atoms with Gasteiger partial charge in [0.2, 0.25) is 0 Å². The Morgan fingerprint density at radius 1 is 1.26 bits per heavy atom. The van der Waals surface area contributed by atoms with Crippen LogP contribution in [0.2, 0.25) is 0 Å². The molecule has 4 rings (SSSR count). The molecule has 7 nitrogen and oxygen atoms in total. The first-order valence-electron chi connectivity index (χ1n) is 7.92. The van der Waals surface area contributed by atoms with E-state index in [-0.39, 0.29) is 5.56 Å². The second-order valence-corrected chi connectivity index (χ2v) is 5.90. The summed E-state index contributed by atoms with van der Waals surface area (Å²) in [5.74, 6) is 2.35. The molecular weight excluding hydrogens is 294 g/mol. The molecule has 7 heteroatoms. The first-order valence-corrected chi connectivity index (χ1v) is 7.92. The molecule has 23 heavy (non-hydrogen) atoms. The molecule has 1 fully saturated rings. The highest BCUT2D eigenvalue weighted by Gasteiger charge is 2.25. The number of H-pyrrole nitrogens is 3. The molecular formula is C16H19N5O2. The molecule has 2 aromatic heterocycles. The Hall–Kier alpha value is -2.70. The van der Waals surface area contributed by atoms with Crippen molar-refractivity contribution >= 4 is 16.7 Å². The van der Waals surface area contributed by atoms with Gasteiger partial charge in [-0.25, -0.2) is 0 Å².